The topological polar surface area (TPSA) is 117 Å². The van der Waals surface area contributed by atoms with Crippen LogP contribution in [0.25, 0.3) is 0 Å². The molecular formula is C27H45NO8P2. The van der Waals surface area contributed by atoms with Crippen molar-refractivity contribution < 1.29 is 36.8 Å². The summed E-state index contributed by atoms with van der Waals surface area (Å²) in [4.78, 5) is 26.5. The highest BCUT2D eigenvalue weighted by Crippen LogP contribution is 2.73. The molecular weight excluding hydrogens is 528 g/mol. The minimum atomic E-state index is -4.16. The number of benzene rings is 1. The number of ketones is 1. The predicted molar refractivity (Wildman–Crippen MR) is 149 cm³/mol. The fraction of sp³-hybridized carbons (Fsp3) is 0.704. The average molecular weight is 574 g/mol. The van der Waals surface area contributed by atoms with E-state index in [2.05, 4.69) is 5.32 Å². The number of Topliss-reactive ketones (excluding diaryl/α,β-unsaturated/α-hetero) is 1. The van der Waals surface area contributed by atoms with Crippen molar-refractivity contribution in [3.8, 4) is 0 Å². The van der Waals surface area contributed by atoms with Gasteiger partial charge >= 0.3 is 15.2 Å². The van der Waals surface area contributed by atoms with E-state index in [0.29, 0.717) is 12.0 Å². The van der Waals surface area contributed by atoms with Crippen LogP contribution < -0.4 is 5.32 Å². The van der Waals surface area contributed by atoms with E-state index in [1.807, 2.05) is 0 Å². The second-order valence-electron chi connectivity index (χ2n) is 9.50. The number of amides is 1. The fourth-order valence-corrected chi connectivity index (χ4v) is 11.2. The number of nitrogens with one attached hydrogen (secondary N) is 1. The first-order chi connectivity index (χ1) is 18.2. The molecule has 9 nitrogen and oxygen atoms in total. The van der Waals surface area contributed by atoms with Gasteiger partial charge in [-0.05, 0) is 59.1 Å². The van der Waals surface area contributed by atoms with Crippen LogP contribution in [0.1, 0.15) is 83.5 Å². The van der Waals surface area contributed by atoms with E-state index in [4.69, 9.17) is 18.1 Å². The Morgan fingerprint density at radius 3 is 1.74 bits per heavy atom. The van der Waals surface area contributed by atoms with Crippen molar-refractivity contribution in [3.63, 3.8) is 0 Å². The standard InChI is InChI=1S/C27H45NO8P2/c1-6-33-37(31,34-7-2)27(38(32,35-8-3)36-9-4)24(20-22-16-12-10-13-17-22)25(21(5)29)28-26(30)23-18-14-11-15-19-23/h11,14-15,18-19,22,24-25,27H,6-10,12-13,16-17,20H2,1-5H3,(H,28,30)/t24-,25-/m1/s1. The van der Waals surface area contributed by atoms with E-state index in [9.17, 15) is 18.7 Å². The Balaban J connectivity index is 2.71. The Hall–Kier alpha value is -1.34. The normalized spacial score (nSPS) is 16.8. The van der Waals surface area contributed by atoms with Gasteiger partial charge in [-0.15, -0.1) is 0 Å². The first-order valence-electron chi connectivity index (χ1n) is 13.8. The van der Waals surface area contributed by atoms with Crippen LogP contribution >= 0.6 is 15.2 Å². The van der Waals surface area contributed by atoms with Crippen LogP contribution in [0.15, 0.2) is 30.3 Å². The van der Waals surface area contributed by atoms with Gasteiger partial charge in [0.15, 0.2) is 11.2 Å². The summed E-state index contributed by atoms with van der Waals surface area (Å²) in [6.07, 6.45) is 5.42. The predicted octanol–water partition coefficient (Wildman–Crippen LogP) is 6.82. The zero-order valence-electron chi connectivity index (χ0n) is 23.4. The smallest absolute Gasteiger partial charge is 0.342 e. The second-order valence-corrected chi connectivity index (χ2v) is 14.2. The summed E-state index contributed by atoms with van der Waals surface area (Å²) >= 11 is 0. The summed E-state index contributed by atoms with van der Waals surface area (Å²) in [7, 11) is -8.32. The van der Waals surface area contributed by atoms with Crippen LogP contribution in [0, 0.1) is 11.8 Å². The lowest BCUT2D eigenvalue weighted by Crippen LogP contribution is -2.50. The molecule has 0 spiro atoms. The van der Waals surface area contributed by atoms with Gasteiger partial charge in [0.2, 0.25) is 0 Å². The number of carbonyl (C=O) groups excluding carboxylic acids is 2. The summed E-state index contributed by atoms with van der Waals surface area (Å²) < 4.78 is 51.9. The zero-order valence-corrected chi connectivity index (χ0v) is 25.2. The maximum Gasteiger partial charge on any atom is 0.346 e. The fourth-order valence-electron chi connectivity index (χ4n) is 5.30. The van der Waals surface area contributed by atoms with Crippen LogP contribution in [0.3, 0.4) is 0 Å². The van der Waals surface area contributed by atoms with Gasteiger partial charge in [0.05, 0.1) is 32.5 Å². The summed E-state index contributed by atoms with van der Waals surface area (Å²) in [5.74, 6) is -1.50. The van der Waals surface area contributed by atoms with Gasteiger partial charge in [-0.25, -0.2) is 0 Å². The molecule has 1 aromatic rings. The number of hydrogen-bond acceptors (Lipinski definition) is 8. The minimum absolute atomic E-state index is 0.0310. The van der Waals surface area contributed by atoms with Crippen molar-refractivity contribution in [1.82, 2.24) is 5.32 Å². The van der Waals surface area contributed by atoms with E-state index >= 15 is 0 Å². The molecule has 0 unspecified atom stereocenters. The molecule has 11 heteroatoms. The second kappa shape index (κ2) is 16.1. The molecule has 0 bridgehead atoms. The van der Waals surface area contributed by atoms with Gasteiger partial charge in [-0.2, -0.15) is 0 Å². The van der Waals surface area contributed by atoms with Crippen LogP contribution in [0.2, 0.25) is 0 Å². The van der Waals surface area contributed by atoms with Crippen molar-refractivity contribution in [3.05, 3.63) is 35.9 Å². The van der Waals surface area contributed by atoms with Gasteiger partial charge in [0, 0.05) is 11.5 Å². The summed E-state index contributed by atoms with van der Waals surface area (Å²) in [6, 6.07) is 7.45. The lowest BCUT2D eigenvalue weighted by Gasteiger charge is -2.40. The van der Waals surface area contributed by atoms with Gasteiger partial charge in [0.1, 0.15) is 0 Å². The minimum Gasteiger partial charge on any atom is -0.342 e. The maximum atomic E-state index is 14.5. The van der Waals surface area contributed by atoms with E-state index in [1.165, 1.54) is 6.92 Å². The molecule has 1 saturated carbocycles. The maximum absolute atomic E-state index is 14.5. The summed E-state index contributed by atoms with van der Waals surface area (Å²) in [6.45, 7) is 8.18. The van der Waals surface area contributed by atoms with E-state index in [0.717, 1.165) is 32.1 Å². The molecule has 1 aliphatic rings. The van der Waals surface area contributed by atoms with Crippen LogP contribution in [-0.2, 0) is 32.0 Å². The first-order valence-corrected chi connectivity index (χ1v) is 17.0. The molecule has 0 saturated heterocycles. The summed E-state index contributed by atoms with van der Waals surface area (Å²) in [5.41, 5.74) is 0.377. The van der Waals surface area contributed by atoms with Gasteiger partial charge in [-0.3, -0.25) is 18.7 Å². The third kappa shape index (κ3) is 8.84. The molecule has 1 aliphatic carbocycles. The van der Waals surface area contributed by atoms with Crippen molar-refractivity contribution in [2.75, 3.05) is 26.4 Å². The third-order valence-corrected chi connectivity index (χ3v) is 13.0. The molecule has 0 aromatic heterocycles. The Labute approximate surface area is 227 Å². The third-order valence-electron chi connectivity index (χ3n) is 6.79. The molecule has 0 radical (unpaired) electrons. The zero-order chi connectivity index (χ0) is 28.2. The Kier molecular flexibility index (Phi) is 13.9. The van der Waals surface area contributed by atoms with E-state index in [1.54, 1.807) is 58.0 Å². The van der Waals surface area contributed by atoms with Gasteiger partial charge in [0.25, 0.3) is 5.91 Å². The Morgan fingerprint density at radius 1 is 0.842 bits per heavy atom. The van der Waals surface area contributed by atoms with Gasteiger partial charge < -0.3 is 23.4 Å². The highest BCUT2D eigenvalue weighted by molar-refractivity contribution is 7.72. The number of rotatable bonds is 17. The molecule has 1 aromatic carbocycles. The highest BCUT2D eigenvalue weighted by atomic mass is 31.2. The SMILES string of the molecule is CCOP(=O)(OCC)C([C@H](CC1CCCCC1)[C@H](NC(=O)c1ccccc1)C(C)=O)P(=O)(OCC)OCC. The molecule has 1 amide bonds. The van der Waals surface area contributed by atoms with E-state index < -0.39 is 38.5 Å². The van der Waals surface area contributed by atoms with Crippen molar-refractivity contribution in [2.24, 2.45) is 11.8 Å². The molecule has 38 heavy (non-hydrogen) atoms. The Morgan fingerprint density at radius 2 is 1.32 bits per heavy atom. The lowest BCUT2D eigenvalue weighted by molar-refractivity contribution is -0.120. The summed E-state index contributed by atoms with van der Waals surface area (Å²) in [5, 5.41) is 1.46. The van der Waals surface area contributed by atoms with Crippen LogP contribution in [0.5, 0.6) is 0 Å². The molecule has 0 heterocycles. The molecule has 2 atom stereocenters. The van der Waals surface area contributed by atoms with Crippen molar-refractivity contribution >= 4 is 26.9 Å². The quantitative estimate of drug-likeness (QED) is 0.202. The van der Waals surface area contributed by atoms with Crippen molar-refractivity contribution in [2.45, 2.75) is 84.6 Å². The van der Waals surface area contributed by atoms with Crippen molar-refractivity contribution in [1.29, 1.82) is 0 Å². The highest BCUT2D eigenvalue weighted by Gasteiger charge is 2.57. The van der Waals surface area contributed by atoms with E-state index in [-0.39, 0.29) is 38.1 Å². The van der Waals surface area contributed by atoms with Crippen LogP contribution in [0.4, 0.5) is 0 Å². The molecule has 1 N–H and O–H groups in total. The van der Waals surface area contributed by atoms with Crippen LogP contribution in [-0.4, -0.2) is 49.6 Å². The molecule has 0 aliphatic heterocycles. The largest absolute Gasteiger partial charge is 0.346 e. The molecule has 2 rings (SSSR count). The lowest BCUT2D eigenvalue weighted by atomic mass is 9.80. The average Bonchev–Trinajstić information content (AvgIpc) is 2.88. The molecule has 216 valence electrons. The first kappa shape index (κ1) is 32.9. The number of hydrogen-bond donors (Lipinski definition) is 1. The Bertz CT molecular complexity index is 917. The molecule has 1 fully saturated rings. The number of carbonyl (C=O) groups is 2. The van der Waals surface area contributed by atoms with Gasteiger partial charge in [-0.1, -0.05) is 50.3 Å². The monoisotopic (exact) mass is 573 g/mol.